The van der Waals surface area contributed by atoms with Gasteiger partial charge in [-0.05, 0) is 31.4 Å². The fourth-order valence-electron chi connectivity index (χ4n) is 2.91. The highest BCUT2D eigenvalue weighted by Crippen LogP contribution is 2.24. The van der Waals surface area contributed by atoms with E-state index in [1.165, 1.54) is 16.9 Å². The maximum absolute atomic E-state index is 5.95. The van der Waals surface area contributed by atoms with Gasteiger partial charge in [0.05, 0.1) is 11.0 Å². The number of allylic oxidation sites excluding steroid dienone is 1. The van der Waals surface area contributed by atoms with Crippen molar-refractivity contribution in [2.24, 2.45) is 5.73 Å². The normalized spacial score (nSPS) is 19.1. The largest absolute Gasteiger partial charge is 0.328 e. The first kappa shape index (κ1) is 12.4. The van der Waals surface area contributed by atoms with Crippen LogP contribution in [0.2, 0.25) is 0 Å². The third-order valence-electron chi connectivity index (χ3n) is 3.81. The lowest BCUT2D eigenvalue weighted by Gasteiger charge is -2.08. The minimum Gasteiger partial charge on any atom is -0.328 e. The highest BCUT2D eigenvalue weighted by Gasteiger charge is 2.16. The Morgan fingerprint density at radius 2 is 2.21 bits per heavy atom. The van der Waals surface area contributed by atoms with Crippen LogP contribution in [-0.4, -0.2) is 15.6 Å². The second-order valence-electron chi connectivity index (χ2n) is 5.37. The fourth-order valence-corrected chi connectivity index (χ4v) is 2.91. The summed E-state index contributed by atoms with van der Waals surface area (Å²) < 4.78 is 2.36. The molecule has 0 aliphatic heterocycles. The van der Waals surface area contributed by atoms with Gasteiger partial charge in [0.25, 0.3) is 0 Å². The van der Waals surface area contributed by atoms with Gasteiger partial charge in [0.1, 0.15) is 5.82 Å². The van der Waals surface area contributed by atoms with E-state index in [1.54, 1.807) is 0 Å². The molecule has 0 fully saturated rings. The van der Waals surface area contributed by atoms with Gasteiger partial charge < -0.3 is 10.3 Å². The summed E-state index contributed by atoms with van der Waals surface area (Å²) in [5.74, 6) is 1.18. The smallest absolute Gasteiger partial charge is 0.113 e. The molecule has 3 nitrogen and oxygen atoms in total. The molecule has 0 saturated heterocycles. The molecule has 1 heterocycles. The van der Waals surface area contributed by atoms with Crippen molar-refractivity contribution >= 4 is 11.0 Å². The fraction of sp³-hybridized carbons (Fsp3) is 0.438. The molecule has 1 atom stereocenters. The van der Waals surface area contributed by atoms with Gasteiger partial charge in [-0.3, -0.25) is 0 Å². The van der Waals surface area contributed by atoms with Crippen molar-refractivity contribution in [1.29, 1.82) is 0 Å². The van der Waals surface area contributed by atoms with Crippen molar-refractivity contribution in [2.75, 3.05) is 0 Å². The number of hydrogen-bond acceptors (Lipinski definition) is 2. The Morgan fingerprint density at radius 1 is 1.37 bits per heavy atom. The van der Waals surface area contributed by atoms with Gasteiger partial charge in [-0.2, -0.15) is 0 Å². The molecule has 1 aromatic carbocycles. The molecular weight excluding hydrogens is 234 g/mol. The van der Waals surface area contributed by atoms with Gasteiger partial charge >= 0.3 is 0 Å². The first-order valence-corrected chi connectivity index (χ1v) is 7.17. The Kier molecular flexibility index (Phi) is 3.38. The van der Waals surface area contributed by atoms with E-state index in [-0.39, 0.29) is 6.04 Å². The highest BCUT2D eigenvalue weighted by atomic mass is 15.1. The quantitative estimate of drug-likeness (QED) is 0.853. The number of benzene rings is 1. The maximum atomic E-state index is 5.95. The van der Waals surface area contributed by atoms with E-state index < -0.39 is 0 Å². The topological polar surface area (TPSA) is 43.8 Å². The molecular formula is C16H21N3. The number of hydrogen-bond donors (Lipinski definition) is 1. The molecule has 3 heteroatoms. The Bertz CT molecular complexity index is 609. The standard InChI is InChI=1S/C16H21N3/c1-2-9-19-15-6-4-3-5-14(15)18-16(19)11-12-7-8-13(17)10-12/h3-6,10,13H,2,7-9,11,17H2,1H3. The lowest BCUT2D eigenvalue weighted by Crippen LogP contribution is -2.11. The van der Waals surface area contributed by atoms with Crippen LogP contribution >= 0.6 is 0 Å². The van der Waals surface area contributed by atoms with Gasteiger partial charge in [0, 0.05) is 19.0 Å². The SMILES string of the molecule is CCCn1c(CC2=CC(N)CC2)nc2ccccc21. The molecule has 0 bridgehead atoms. The number of fused-ring (bicyclic) bond motifs is 1. The average Bonchev–Trinajstić information content (AvgIpc) is 2.96. The predicted octanol–water partition coefficient (Wildman–Crippen LogP) is 3.04. The third kappa shape index (κ3) is 2.43. The van der Waals surface area contributed by atoms with E-state index in [0.29, 0.717) is 0 Å². The first-order valence-electron chi connectivity index (χ1n) is 7.17. The van der Waals surface area contributed by atoms with Gasteiger partial charge in [-0.1, -0.05) is 30.7 Å². The van der Waals surface area contributed by atoms with E-state index in [9.17, 15) is 0 Å². The van der Waals surface area contributed by atoms with Crippen LogP contribution in [0.15, 0.2) is 35.9 Å². The summed E-state index contributed by atoms with van der Waals surface area (Å²) in [6.45, 7) is 3.25. The summed E-state index contributed by atoms with van der Waals surface area (Å²) in [5.41, 5.74) is 9.75. The van der Waals surface area contributed by atoms with Crippen molar-refractivity contribution in [3.63, 3.8) is 0 Å². The summed E-state index contributed by atoms with van der Waals surface area (Å²) in [4.78, 5) is 4.80. The minimum absolute atomic E-state index is 0.249. The number of rotatable bonds is 4. The zero-order chi connectivity index (χ0) is 13.2. The molecule has 1 unspecified atom stereocenters. The van der Waals surface area contributed by atoms with Gasteiger partial charge in [-0.15, -0.1) is 0 Å². The molecule has 1 aliphatic carbocycles. The molecule has 0 spiro atoms. The molecule has 100 valence electrons. The van der Waals surface area contributed by atoms with Gasteiger partial charge in [0.15, 0.2) is 0 Å². The lowest BCUT2D eigenvalue weighted by molar-refractivity contribution is 0.659. The van der Waals surface area contributed by atoms with Gasteiger partial charge in [0.2, 0.25) is 0 Å². The van der Waals surface area contributed by atoms with Crippen LogP contribution in [0.5, 0.6) is 0 Å². The van der Waals surface area contributed by atoms with Crippen molar-refractivity contribution in [3.05, 3.63) is 41.7 Å². The highest BCUT2D eigenvalue weighted by molar-refractivity contribution is 5.76. The molecule has 0 radical (unpaired) electrons. The van der Waals surface area contributed by atoms with E-state index in [4.69, 9.17) is 10.7 Å². The number of aromatic nitrogens is 2. The van der Waals surface area contributed by atoms with Crippen LogP contribution in [0.1, 0.15) is 32.0 Å². The molecule has 0 saturated carbocycles. The number of aryl methyl sites for hydroxylation is 1. The molecule has 3 rings (SSSR count). The number of para-hydroxylation sites is 2. The van der Waals surface area contributed by atoms with E-state index in [2.05, 4.69) is 41.8 Å². The summed E-state index contributed by atoms with van der Waals surface area (Å²) in [7, 11) is 0. The summed E-state index contributed by atoms with van der Waals surface area (Å²) in [6, 6.07) is 8.65. The van der Waals surface area contributed by atoms with Crippen molar-refractivity contribution in [2.45, 2.75) is 45.2 Å². The average molecular weight is 255 g/mol. The maximum Gasteiger partial charge on any atom is 0.113 e. The van der Waals surface area contributed by atoms with Crippen LogP contribution in [0.4, 0.5) is 0 Å². The predicted molar refractivity (Wildman–Crippen MR) is 79.0 cm³/mol. The van der Waals surface area contributed by atoms with Crippen LogP contribution < -0.4 is 5.73 Å². The molecule has 1 aliphatic rings. The molecule has 2 aromatic rings. The summed E-state index contributed by atoms with van der Waals surface area (Å²) in [5, 5.41) is 0. The monoisotopic (exact) mass is 255 g/mol. The van der Waals surface area contributed by atoms with E-state index in [1.807, 2.05) is 0 Å². The minimum atomic E-state index is 0.249. The van der Waals surface area contributed by atoms with E-state index in [0.717, 1.165) is 37.7 Å². The summed E-state index contributed by atoms with van der Waals surface area (Å²) >= 11 is 0. The Hall–Kier alpha value is -1.61. The third-order valence-corrected chi connectivity index (χ3v) is 3.81. The van der Waals surface area contributed by atoms with Crippen molar-refractivity contribution in [3.8, 4) is 0 Å². The molecule has 1 aromatic heterocycles. The zero-order valence-corrected chi connectivity index (χ0v) is 11.5. The number of nitrogens with two attached hydrogens (primary N) is 1. The first-order chi connectivity index (χ1) is 9.28. The van der Waals surface area contributed by atoms with E-state index >= 15 is 0 Å². The van der Waals surface area contributed by atoms with Crippen LogP contribution in [-0.2, 0) is 13.0 Å². The summed E-state index contributed by atoms with van der Waals surface area (Å²) in [6.07, 6.45) is 6.50. The zero-order valence-electron chi connectivity index (χ0n) is 11.5. The molecule has 0 amide bonds. The van der Waals surface area contributed by atoms with Crippen molar-refractivity contribution in [1.82, 2.24) is 9.55 Å². The van der Waals surface area contributed by atoms with Gasteiger partial charge in [-0.25, -0.2) is 4.98 Å². The second-order valence-corrected chi connectivity index (χ2v) is 5.37. The number of imidazole rings is 1. The Morgan fingerprint density at radius 3 is 2.95 bits per heavy atom. The second kappa shape index (κ2) is 5.17. The Balaban J connectivity index is 1.97. The van der Waals surface area contributed by atoms with Crippen LogP contribution in [0.25, 0.3) is 11.0 Å². The number of nitrogens with zero attached hydrogens (tertiary/aromatic N) is 2. The molecule has 2 N–H and O–H groups in total. The van der Waals surface area contributed by atoms with Crippen LogP contribution in [0.3, 0.4) is 0 Å². The van der Waals surface area contributed by atoms with Crippen molar-refractivity contribution < 1.29 is 0 Å². The molecule has 19 heavy (non-hydrogen) atoms. The lowest BCUT2D eigenvalue weighted by atomic mass is 10.1. The Labute approximate surface area is 114 Å². The van der Waals surface area contributed by atoms with Crippen LogP contribution in [0, 0.1) is 0 Å².